The highest BCUT2D eigenvalue weighted by molar-refractivity contribution is 7.98. The number of aromatic hydroxyl groups is 1. The lowest BCUT2D eigenvalue weighted by molar-refractivity contribution is 0.320. The van der Waals surface area contributed by atoms with Crippen LogP contribution in [0.4, 0.5) is 0 Å². The van der Waals surface area contributed by atoms with E-state index in [1.54, 1.807) is 6.26 Å². The van der Waals surface area contributed by atoms with Gasteiger partial charge in [-0.05, 0) is 65.6 Å². The molecule has 0 atom stereocenters. The number of thioether (sulfide) groups is 1. The topological polar surface area (TPSA) is 67.5 Å². The first-order valence-corrected chi connectivity index (χ1v) is 14.1. The molecule has 0 spiro atoms. The second-order valence-electron chi connectivity index (χ2n) is 11.3. The molecule has 0 unspecified atom stereocenters. The second kappa shape index (κ2) is 12.2. The standard InChI is InChI=1S/C30H42N2O3S/c1-29(2,3)25-17-22(18-26(27(25)33)30(4,5)6)28-32-23(20-35-28)13-15-34-24-11-9-21(10-12-24)19-31-14-8-16-36-7/h9-12,17-18,20,31,33H,8,13-16,19H2,1-7H3. The fraction of sp³-hybridized carbons (Fsp3) is 0.500. The van der Waals surface area contributed by atoms with Gasteiger partial charge in [-0.3, -0.25) is 0 Å². The van der Waals surface area contributed by atoms with Crippen molar-refractivity contribution < 1.29 is 14.3 Å². The first-order valence-electron chi connectivity index (χ1n) is 12.7. The van der Waals surface area contributed by atoms with Gasteiger partial charge >= 0.3 is 0 Å². The lowest BCUT2D eigenvalue weighted by Gasteiger charge is -2.27. The number of rotatable bonds is 11. The molecule has 0 aliphatic heterocycles. The van der Waals surface area contributed by atoms with E-state index in [1.165, 1.54) is 17.7 Å². The van der Waals surface area contributed by atoms with Crippen LogP contribution in [0.3, 0.4) is 0 Å². The number of benzene rings is 2. The van der Waals surface area contributed by atoms with Crippen LogP contribution in [-0.4, -0.2) is 35.3 Å². The third-order valence-corrected chi connectivity index (χ3v) is 6.80. The summed E-state index contributed by atoms with van der Waals surface area (Å²) in [5.74, 6) is 2.97. The van der Waals surface area contributed by atoms with Crippen LogP contribution in [0.15, 0.2) is 47.1 Å². The molecule has 0 amide bonds. The van der Waals surface area contributed by atoms with E-state index in [0.717, 1.165) is 41.2 Å². The van der Waals surface area contributed by atoms with Crippen molar-refractivity contribution >= 4 is 11.8 Å². The Labute approximate surface area is 221 Å². The Morgan fingerprint density at radius 3 is 2.22 bits per heavy atom. The molecular weight excluding hydrogens is 468 g/mol. The molecule has 0 radical (unpaired) electrons. The zero-order valence-corrected chi connectivity index (χ0v) is 23.7. The van der Waals surface area contributed by atoms with Crippen LogP contribution < -0.4 is 10.1 Å². The molecule has 3 aromatic rings. The van der Waals surface area contributed by atoms with Crippen molar-refractivity contribution in [3.63, 3.8) is 0 Å². The van der Waals surface area contributed by atoms with E-state index in [0.29, 0.717) is 24.7 Å². The maximum absolute atomic E-state index is 11.0. The average Bonchev–Trinajstić information content (AvgIpc) is 3.27. The summed E-state index contributed by atoms with van der Waals surface area (Å²) >= 11 is 1.88. The lowest BCUT2D eigenvalue weighted by Crippen LogP contribution is -2.17. The summed E-state index contributed by atoms with van der Waals surface area (Å²) in [6, 6.07) is 12.2. The van der Waals surface area contributed by atoms with Gasteiger partial charge in [-0.1, -0.05) is 53.7 Å². The SMILES string of the molecule is CSCCCNCc1ccc(OCCc2coc(-c3cc(C(C)(C)C)c(O)c(C(C)(C)C)c3)n2)cc1. The summed E-state index contributed by atoms with van der Waals surface area (Å²) in [6.07, 6.45) is 5.68. The Bertz CT molecular complexity index is 1070. The van der Waals surface area contributed by atoms with Crippen molar-refractivity contribution in [3.05, 3.63) is 65.0 Å². The molecule has 36 heavy (non-hydrogen) atoms. The molecule has 0 saturated heterocycles. The number of nitrogens with zero attached hydrogens (tertiary/aromatic N) is 1. The van der Waals surface area contributed by atoms with E-state index in [9.17, 15) is 5.11 Å². The van der Waals surface area contributed by atoms with E-state index < -0.39 is 0 Å². The molecule has 0 aliphatic carbocycles. The van der Waals surface area contributed by atoms with Crippen molar-refractivity contribution in [3.8, 4) is 23.0 Å². The predicted octanol–water partition coefficient (Wildman–Crippen LogP) is 7.11. The molecule has 6 heteroatoms. The first kappa shape index (κ1) is 28.1. The second-order valence-corrected chi connectivity index (χ2v) is 12.3. The number of phenolic OH excluding ortho intramolecular Hbond substituents is 1. The highest BCUT2D eigenvalue weighted by Gasteiger charge is 2.27. The average molecular weight is 511 g/mol. The molecule has 2 N–H and O–H groups in total. The van der Waals surface area contributed by atoms with Crippen molar-refractivity contribution in [2.45, 2.75) is 71.8 Å². The van der Waals surface area contributed by atoms with Crippen LogP contribution in [0.5, 0.6) is 11.5 Å². The maximum Gasteiger partial charge on any atom is 0.226 e. The van der Waals surface area contributed by atoms with Crippen LogP contribution in [-0.2, 0) is 23.8 Å². The maximum atomic E-state index is 11.0. The van der Waals surface area contributed by atoms with Gasteiger partial charge < -0.3 is 19.6 Å². The number of hydrogen-bond donors (Lipinski definition) is 2. The van der Waals surface area contributed by atoms with Crippen LogP contribution >= 0.6 is 11.8 Å². The normalized spacial score (nSPS) is 12.2. The Morgan fingerprint density at radius 2 is 1.64 bits per heavy atom. The van der Waals surface area contributed by atoms with E-state index in [1.807, 2.05) is 36.0 Å². The molecule has 5 nitrogen and oxygen atoms in total. The van der Waals surface area contributed by atoms with Gasteiger partial charge in [0.25, 0.3) is 0 Å². The minimum Gasteiger partial charge on any atom is -0.507 e. The van der Waals surface area contributed by atoms with Gasteiger partial charge in [0, 0.05) is 29.7 Å². The third-order valence-electron chi connectivity index (χ3n) is 6.11. The Morgan fingerprint density at radius 1 is 1.00 bits per heavy atom. The van der Waals surface area contributed by atoms with Crippen LogP contribution in [0.1, 0.15) is 70.3 Å². The summed E-state index contributed by atoms with van der Waals surface area (Å²) in [6.45, 7) is 15.1. The fourth-order valence-corrected chi connectivity index (χ4v) is 4.44. The number of aromatic nitrogens is 1. The Kier molecular flexibility index (Phi) is 9.53. The first-order chi connectivity index (χ1) is 17.0. The molecule has 0 fully saturated rings. The Balaban J connectivity index is 1.61. The summed E-state index contributed by atoms with van der Waals surface area (Å²) in [7, 11) is 0. The van der Waals surface area contributed by atoms with Crippen molar-refractivity contribution in [2.24, 2.45) is 0 Å². The summed E-state index contributed by atoms with van der Waals surface area (Å²) in [4.78, 5) is 4.72. The fourth-order valence-electron chi connectivity index (χ4n) is 4.01. The van der Waals surface area contributed by atoms with Gasteiger partial charge in [0.1, 0.15) is 17.8 Å². The van der Waals surface area contributed by atoms with E-state index in [4.69, 9.17) is 14.1 Å². The summed E-state index contributed by atoms with van der Waals surface area (Å²) in [5, 5.41) is 14.5. The van der Waals surface area contributed by atoms with E-state index >= 15 is 0 Å². The minimum atomic E-state index is -0.205. The van der Waals surface area contributed by atoms with Gasteiger partial charge in [0.05, 0.1) is 12.3 Å². The molecule has 1 aromatic heterocycles. The highest BCUT2D eigenvalue weighted by atomic mass is 32.2. The van der Waals surface area contributed by atoms with Gasteiger partial charge in [0.2, 0.25) is 5.89 Å². The molecule has 3 rings (SSSR count). The summed E-state index contributed by atoms with van der Waals surface area (Å²) in [5.41, 5.74) is 4.36. The lowest BCUT2D eigenvalue weighted by atomic mass is 9.78. The molecule has 1 heterocycles. The number of nitrogens with one attached hydrogen (secondary N) is 1. The monoisotopic (exact) mass is 510 g/mol. The molecule has 196 valence electrons. The summed E-state index contributed by atoms with van der Waals surface area (Å²) < 4.78 is 11.8. The van der Waals surface area contributed by atoms with Gasteiger partial charge in [0.15, 0.2) is 0 Å². The smallest absolute Gasteiger partial charge is 0.226 e. The third kappa shape index (κ3) is 7.78. The number of ether oxygens (including phenoxy) is 1. The van der Waals surface area contributed by atoms with E-state index in [2.05, 4.69) is 65.2 Å². The molecule has 0 saturated carbocycles. The highest BCUT2D eigenvalue weighted by Crippen LogP contribution is 2.41. The van der Waals surface area contributed by atoms with Gasteiger partial charge in [-0.2, -0.15) is 11.8 Å². The van der Waals surface area contributed by atoms with Crippen molar-refractivity contribution in [1.29, 1.82) is 0 Å². The Hall–Kier alpha value is -2.44. The largest absolute Gasteiger partial charge is 0.507 e. The van der Waals surface area contributed by atoms with Crippen molar-refractivity contribution in [2.75, 3.05) is 25.2 Å². The van der Waals surface area contributed by atoms with Crippen molar-refractivity contribution in [1.82, 2.24) is 10.3 Å². The van der Waals surface area contributed by atoms with Crippen LogP contribution in [0.25, 0.3) is 11.5 Å². The number of phenols is 1. The zero-order valence-electron chi connectivity index (χ0n) is 22.9. The van der Waals surface area contributed by atoms with Crippen LogP contribution in [0, 0.1) is 0 Å². The van der Waals surface area contributed by atoms with Gasteiger partial charge in [-0.15, -0.1) is 0 Å². The van der Waals surface area contributed by atoms with E-state index in [-0.39, 0.29) is 10.8 Å². The molecule has 0 bridgehead atoms. The number of oxazole rings is 1. The zero-order chi connectivity index (χ0) is 26.3. The molecular formula is C30H42N2O3S. The molecule has 2 aromatic carbocycles. The number of hydrogen-bond acceptors (Lipinski definition) is 6. The van der Waals surface area contributed by atoms with Gasteiger partial charge in [-0.25, -0.2) is 4.98 Å². The van der Waals surface area contributed by atoms with Crippen LogP contribution in [0.2, 0.25) is 0 Å². The molecule has 0 aliphatic rings. The quantitative estimate of drug-likeness (QED) is 0.268. The predicted molar refractivity (Wildman–Crippen MR) is 151 cm³/mol. The minimum absolute atomic E-state index is 0.205.